The van der Waals surface area contributed by atoms with Crippen LogP contribution in [-0.2, 0) is 4.79 Å². The molecule has 0 bridgehead atoms. The Morgan fingerprint density at radius 1 is 1.17 bits per heavy atom. The number of nitrogens with zero attached hydrogens (tertiary/aromatic N) is 1. The molecule has 124 valence electrons. The topological polar surface area (TPSA) is 49.4 Å². The van der Waals surface area contributed by atoms with Crippen LogP contribution in [0.1, 0.15) is 23.2 Å². The number of anilines is 2. The average Bonchev–Trinajstić information content (AvgIpc) is 2.96. The lowest BCUT2D eigenvalue weighted by atomic mass is 10.1. The lowest BCUT2D eigenvalue weighted by Crippen LogP contribution is -2.27. The molecule has 2 amide bonds. The van der Waals surface area contributed by atoms with Crippen molar-refractivity contribution in [1.29, 1.82) is 0 Å². The van der Waals surface area contributed by atoms with Gasteiger partial charge in [0.25, 0.3) is 5.91 Å². The third-order valence-corrected chi connectivity index (χ3v) is 3.98. The molecule has 0 aromatic heterocycles. The van der Waals surface area contributed by atoms with Crippen molar-refractivity contribution < 1.29 is 18.4 Å². The average molecular weight is 351 g/mol. The summed E-state index contributed by atoms with van der Waals surface area (Å²) in [5, 5.41) is 2.77. The second-order valence-electron chi connectivity index (χ2n) is 5.39. The van der Waals surface area contributed by atoms with E-state index in [9.17, 15) is 18.4 Å². The minimum Gasteiger partial charge on any atom is -0.319 e. The van der Waals surface area contributed by atoms with Crippen LogP contribution >= 0.6 is 11.6 Å². The number of nitrogens with one attached hydrogen (secondary N) is 1. The molecule has 2 aromatic rings. The van der Waals surface area contributed by atoms with Crippen LogP contribution in [0.25, 0.3) is 0 Å². The Morgan fingerprint density at radius 2 is 1.96 bits per heavy atom. The first kappa shape index (κ1) is 16.4. The van der Waals surface area contributed by atoms with Crippen molar-refractivity contribution in [3.05, 3.63) is 58.6 Å². The second kappa shape index (κ2) is 6.57. The summed E-state index contributed by atoms with van der Waals surface area (Å²) in [6, 6.07) is 7.38. The third-order valence-electron chi connectivity index (χ3n) is 3.75. The summed E-state index contributed by atoms with van der Waals surface area (Å²) in [7, 11) is 0. The number of amides is 2. The van der Waals surface area contributed by atoms with Gasteiger partial charge in [0.2, 0.25) is 5.91 Å². The Hall–Kier alpha value is -2.47. The van der Waals surface area contributed by atoms with E-state index in [0.29, 0.717) is 36.2 Å². The van der Waals surface area contributed by atoms with Crippen molar-refractivity contribution >= 4 is 34.8 Å². The number of carbonyl (C=O) groups excluding carboxylic acids is 2. The zero-order chi connectivity index (χ0) is 17.3. The Kier molecular flexibility index (Phi) is 4.49. The Bertz CT molecular complexity index is 826. The maximum atomic E-state index is 13.7. The molecular weight excluding hydrogens is 338 g/mol. The minimum atomic E-state index is -0.879. The van der Waals surface area contributed by atoms with Gasteiger partial charge in [0.05, 0.1) is 16.9 Å². The van der Waals surface area contributed by atoms with E-state index in [4.69, 9.17) is 11.6 Å². The summed E-state index contributed by atoms with van der Waals surface area (Å²) in [5.41, 5.74) is 0.429. The van der Waals surface area contributed by atoms with Crippen molar-refractivity contribution in [2.75, 3.05) is 16.8 Å². The van der Waals surface area contributed by atoms with Gasteiger partial charge in [-0.15, -0.1) is 0 Å². The monoisotopic (exact) mass is 350 g/mol. The van der Waals surface area contributed by atoms with Crippen molar-refractivity contribution in [1.82, 2.24) is 0 Å². The first-order valence-electron chi connectivity index (χ1n) is 7.32. The SMILES string of the molecule is O=C(Nc1ccc(F)cc1F)c1ccc(Cl)cc1N1CCCC1=O. The third kappa shape index (κ3) is 3.23. The molecule has 0 aliphatic carbocycles. The van der Waals surface area contributed by atoms with Crippen LogP contribution in [0.3, 0.4) is 0 Å². The number of hydrogen-bond acceptors (Lipinski definition) is 2. The largest absolute Gasteiger partial charge is 0.319 e. The molecule has 24 heavy (non-hydrogen) atoms. The maximum Gasteiger partial charge on any atom is 0.257 e. The van der Waals surface area contributed by atoms with Gasteiger partial charge < -0.3 is 10.2 Å². The van der Waals surface area contributed by atoms with Crippen LogP contribution in [0.5, 0.6) is 0 Å². The molecule has 0 atom stereocenters. The van der Waals surface area contributed by atoms with Crippen LogP contribution in [0.4, 0.5) is 20.2 Å². The first-order valence-corrected chi connectivity index (χ1v) is 7.70. The summed E-state index contributed by atoms with van der Waals surface area (Å²) in [6.45, 7) is 0.490. The van der Waals surface area contributed by atoms with Gasteiger partial charge in [0, 0.05) is 24.1 Å². The number of hydrogen-bond donors (Lipinski definition) is 1. The molecule has 1 fully saturated rings. The maximum absolute atomic E-state index is 13.7. The van der Waals surface area contributed by atoms with Gasteiger partial charge in [-0.1, -0.05) is 11.6 Å². The molecule has 1 aliphatic heterocycles. The molecule has 1 saturated heterocycles. The Morgan fingerprint density at radius 3 is 2.62 bits per heavy atom. The van der Waals surface area contributed by atoms with Crippen molar-refractivity contribution in [3.8, 4) is 0 Å². The van der Waals surface area contributed by atoms with Gasteiger partial charge in [-0.25, -0.2) is 8.78 Å². The van der Waals surface area contributed by atoms with Gasteiger partial charge in [0.1, 0.15) is 11.6 Å². The Balaban J connectivity index is 1.93. The molecule has 2 aromatic carbocycles. The highest BCUT2D eigenvalue weighted by Crippen LogP contribution is 2.29. The summed E-state index contributed by atoms with van der Waals surface area (Å²) < 4.78 is 26.7. The Labute approximate surface area is 142 Å². The highest BCUT2D eigenvalue weighted by molar-refractivity contribution is 6.31. The van der Waals surface area contributed by atoms with Crippen LogP contribution in [0.15, 0.2) is 36.4 Å². The van der Waals surface area contributed by atoms with E-state index < -0.39 is 17.5 Å². The molecule has 0 saturated carbocycles. The van der Waals surface area contributed by atoms with E-state index in [2.05, 4.69) is 5.32 Å². The first-order chi connectivity index (χ1) is 11.5. The summed E-state index contributed by atoms with van der Waals surface area (Å²) in [5.74, 6) is -2.32. The van der Waals surface area contributed by atoms with Crippen LogP contribution in [0.2, 0.25) is 5.02 Å². The molecule has 4 nitrogen and oxygen atoms in total. The number of benzene rings is 2. The zero-order valence-electron chi connectivity index (χ0n) is 12.5. The number of rotatable bonds is 3. The van der Waals surface area contributed by atoms with Gasteiger partial charge in [-0.05, 0) is 36.8 Å². The molecule has 0 unspecified atom stereocenters. The molecule has 1 aliphatic rings. The van der Waals surface area contributed by atoms with E-state index >= 15 is 0 Å². The van der Waals surface area contributed by atoms with Gasteiger partial charge in [-0.3, -0.25) is 9.59 Å². The zero-order valence-corrected chi connectivity index (χ0v) is 13.2. The van der Waals surface area contributed by atoms with E-state index in [0.717, 1.165) is 12.1 Å². The van der Waals surface area contributed by atoms with Crippen molar-refractivity contribution in [2.24, 2.45) is 0 Å². The van der Waals surface area contributed by atoms with Crippen LogP contribution in [-0.4, -0.2) is 18.4 Å². The van der Waals surface area contributed by atoms with Crippen molar-refractivity contribution in [2.45, 2.75) is 12.8 Å². The smallest absolute Gasteiger partial charge is 0.257 e. The van der Waals surface area contributed by atoms with Gasteiger partial charge in [0.15, 0.2) is 0 Å². The number of halogens is 3. The molecule has 0 radical (unpaired) electrons. The van der Waals surface area contributed by atoms with E-state index in [1.165, 1.54) is 23.1 Å². The fourth-order valence-electron chi connectivity index (χ4n) is 2.60. The minimum absolute atomic E-state index is 0.0979. The quantitative estimate of drug-likeness (QED) is 0.909. The highest BCUT2D eigenvalue weighted by Gasteiger charge is 2.26. The summed E-state index contributed by atoms with van der Waals surface area (Å²) in [6.07, 6.45) is 1.10. The highest BCUT2D eigenvalue weighted by atomic mass is 35.5. The summed E-state index contributed by atoms with van der Waals surface area (Å²) >= 11 is 5.98. The van der Waals surface area contributed by atoms with E-state index in [-0.39, 0.29) is 17.2 Å². The van der Waals surface area contributed by atoms with Gasteiger partial charge in [-0.2, -0.15) is 0 Å². The molecular formula is C17H13ClF2N2O2. The lowest BCUT2D eigenvalue weighted by molar-refractivity contribution is -0.117. The van der Waals surface area contributed by atoms with Gasteiger partial charge >= 0.3 is 0 Å². The summed E-state index contributed by atoms with van der Waals surface area (Å²) in [4.78, 5) is 25.9. The molecule has 7 heteroatoms. The lowest BCUT2D eigenvalue weighted by Gasteiger charge is -2.20. The molecule has 1 N–H and O–H groups in total. The fraction of sp³-hybridized carbons (Fsp3) is 0.176. The fourth-order valence-corrected chi connectivity index (χ4v) is 2.77. The van der Waals surface area contributed by atoms with Crippen molar-refractivity contribution in [3.63, 3.8) is 0 Å². The standard InChI is InChI=1S/C17H13ClF2N2O2/c18-10-3-5-12(15(8-10)22-7-1-2-16(22)23)17(24)21-14-6-4-11(19)9-13(14)20/h3-6,8-9H,1-2,7H2,(H,21,24). The van der Waals surface area contributed by atoms with E-state index in [1.807, 2.05) is 0 Å². The van der Waals surface area contributed by atoms with Crippen LogP contribution < -0.4 is 10.2 Å². The molecule has 0 spiro atoms. The molecule has 3 rings (SSSR count). The molecule has 1 heterocycles. The van der Waals surface area contributed by atoms with E-state index in [1.54, 1.807) is 0 Å². The second-order valence-corrected chi connectivity index (χ2v) is 5.83. The number of carbonyl (C=O) groups is 2. The predicted octanol–water partition coefficient (Wildman–Crippen LogP) is 4.00. The van der Waals surface area contributed by atoms with Crippen LogP contribution in [0, 0.1) is 11.6 Å². The predicted molar refractivity (Wildman–Crippen MR) is 87.4 cm³/mol. The normalized spacial score (nSPS) is 14.1.